The molecule has 0 bridgehead atoms. The molecule has 0 aromatic carbocycles. The van der Waals surface area contributed by atoms with E-state index in [1.807, 2.05) is 0 Å². The van der Waals surface area contributed by atoms with Crippen LogP contribution >= 0.6 is 0 Å². The number of allylic oxidation sites excluding steroid dienone is 14. The molecule has 1 unspecified atom stereocenters. The molecule has 0 amide bonds. The molecule has 0 aromatic rings. The number of hydrogen-bond acceptors (Lipinski definition) is 6. The van der Waals surface area contributed by atoms with E-state index >= 15 is 0 Å². The van der Waals surface area contributed by atoms with Gasteiger partial charge in [-0.15, -0.1) is 0 Å². The van der Waals surface area contributed by atoms with Crippen LogP contribution in [0.1, 0.15) is 323 Å². The molecule has 0 aliphatic heterocycles. The minimum atomic E-state index is -0.790. The minimum Gasteiger partial charge on any atom is -0.462 e. The van der Waals surface area contributed by atoms with Crippen molar-refractivity contribution in [3.8, 4) is 0 Å². The van der Waals surface area contributed by atoms with Crippen LogP contribution < -0.4 is 0 Å². The van der Waals surface area contributed by atoms with Crippen molar-refractivity contribution in [3.63, 3.8) is 0 Å². The van der Waals surface area contributed by atoms with Gasteiger partial charge in [0, 0.05) is 19.3 Å². The summed E-state index contributed by atoms with van der Waals surface area (Å²) < 4.78 is 16.9. The predicted octanol–water partition coefficient (Wildman–Crippen LogP) is 22.3. The first-order valence-electron chi connectivity index (χ1n) is 32.6. The van der Waals surface area contributed by atoms with Crippen LogP contribution in [0.4, 0.5) is 0 Å². The number of esters is 3. The standard InChI is InChI=1S/C70H122O6/c1-4-7-10-13-16-19-22-25-28-31-34-35-37-39-42-45-48-51-54-57-60-63-69(72)75-66-67(65-74-68(71)62-59-56-53-50-47-44-41-38-33-30-27-24-21-18-15-12-9-6-3)76-70(73)64-61-58-55-52-49-46-43-40-36-32-29-26-23-20-17-14-11-8-5-2/h8,11,17,20,22,25-26,29-31,33-34,36,40,67H,4-7,9-10,12-16,18-19,21,23-24,27-28,32,35,37-39,41-66H2,1-3H3/b11-8-,20-17-,25-22-,29-26-,33-30-,34-31-,40-36-. The Bertz CT molecular complexity index is 1450. The van der Waals surface area contributed by atoms with Crippen LogP contribution in [0.15, 0.2) is 85.1 Å². The van der Waals surface area contributed by atoms with Gasteiger partial charge in [0.1, 0.15) is 13.2 Å². The van der Waals surface area contributed by atoms with Gasteiger partial charge in [0.25, 0.3) is 0 Å². The summed E-state index contributed by atoms with van der Waals surface area (Å²) >= 11 is 0. The third kappa shape index (κ3) is 61.4. The van der Waals surface area contributed by atoms with Crippen LogP contribution in [-0.4, -0.2) is 37.2 Å². The van der Waals surface area contributed by atoms with Crippen LogP contribution in [0.5, 0.6) is 0 Å². The summed E-state index contributed by atoms with van der Waals surface area (Å²) in [5.74, 6) is -0.894. The molecule has 0 radical (unpaired) electrons. The van der Waals surface area contributed by atoms with Crippen molar-refractivity contribution in [3.05, 3.63) is 85.1 Å². The second-order valence-electron chi connectivity index (χ2n) is 21.6. The van der Waals surface area contributed by atoms with E-state index in [1.165, 1.54) is 180 Å². The molecule has 0 rings (SSSR count). The summed E-state index contributed by atoms with van der Waals surface area (Å²) in [7, 11) is 0. The molecule has 1 atom stereocenters. The molecule has 0 spiro atoms. The molecule has 0 aliphatic carbocycles. The largest absolute Gasteiger partial charge is 0.462 e. The predicted molar refractivity (Wildman–Crippen MR) is 330 cm³/mol. The Morgan fingerprint density at radius 2 is 0.513 bits per heavy atom. The maximum atomic E-state index is 12.9. The highest BCUT2D eigenvalue weighted by atomic mass is 16.6. The highest BCUT2D eigenvalue weighted by Crippen LogP contribution is 2.16. The Hall–Kier alpha value is -3.41. The zero-order valence-corrected chi connectivity index (χ0v) is 50.3. The number of unbranched alkanes of at least 4 members (excludes halogenated alkanes) is 34. The highest BCUT2D eigenvalue weighted by molar-refractivity contribution is 5.71. The lowest BCUT2D eigenvalue weighted by Gasteiger charge is -2.18. The van der Waals surface area contributed by atoms with Crippen molar-refractivity contribution in [1.82, 2.24) is 0 Å². The lowest BCUT2D eigenvalue weighted by molar-refractivity contribution is -0.167. The van der Waals surface area contributed by atoms with E-state index in [0.717, 1.165) is 103 Å². The molecule has 0 aromatic heterocycles. The van der Waals surface area contributed by atoms with E-state index in [9.17, 15) is 14.4 Å². The second-order valence-corrected chi connectivity index (χ2v) is 21.6. The average molecular weight is 1060 g/mol. The monoisotopic (exact) mass is 1060 g/mol. The molecule has 0 saturated carbocycles. The Balaban J connectivity index is 4.41. The number of rotatable bonds is 59. The molecule has 6 heteroatoms. The fourth-order valence-electron chi connectivity index (χ4n) is 9.23. The molecule has 0 fully saturated rings. The minimum absolute atomic E-state index is 0.0850. The first-order chi connectivity index (χ1) is 37.5. The molecule has 0 aliphatic rings. The second kappa shape index (κ2) is 64.1. The Morgan fingerprint density at radius 3 is 0.816 bits per heavy atom. The lowest BCUT2D eigenvalue weighted by Crippen LogP contribution is -2.30. The molecule has 0 saturated heterocycles. The maximum absolute atomic E-state index is 12.9. The van der Waals surface area contributed by atoms with Gasteiger partial charge in [-0.05, 0) is 116 Å². The van der Waals surface area contributed by atoms with Crippen molar-refractivity contribution < 1.29 is 28.6 Å². The molecule has 0 heterocycles. The van der Waals surface area contributed by atoms with Gasteiger partial charge in [0.2, 0.25) is 0 Å². The van der Waals surface area contributed by atoms with E-state index in [2.05, 4.69) is 106 Å². The van der Waals surface area contributed by atoms with Gasteiger partial charge in [-0.25, -0.2) is 0 Å². The molecule has 438 valence electrons. The quantitative estimate of drug-likeness (QED) is 0.0261. The normalized spacial score (nSPS) is 12.6. The summed E-state index contributed by atoms with van der Waals surface area (Å²) in [4.78, 5) is 38.4. The van der Waals surface area contributed by atoms with Gasteiger partial charge < -0.3 is 14.2 Å². The Labute approximate surface area is 471 Å². The van der Waals surface area contributed by atoms with Crippen molar-refractivity contribution in [2.75, 3.05) is 13.2 Å². The summed E-state index contributed by atoms with van der Waals surface area (Å²) in [5, 5.41) is 0. The van der Waals surface area contributed by atoms with E-state index in [0.29, 0.717) is 19.3 Å². The summed E-state index contributed by atoms with van der Waals surface area (Å²) in [6.45, 7) is 6.53. The zero-order valence-electron chi connectivity index (χ0n) is 50.3. The first kappa shape index (κ1) is 72.6. The van der Waals surface area contributed by atoms with Crippen molar-refractivity contribution >= 4 is 17.9 Å². The summed E-state index contributed by atoms with van der Waals surface area (Å²) in [5.41, 5.74) is 0. The summed E-state index contributed by atoms with van der Waals surface area (Å²) in [6.07, 6.45) is 84.4. The van der Waals surface area contributed by atoms with Gasteiger partial charge in [0.05, 0.1) is 0 Å². The number of ether oxygens (including phenoxy) is 3. The average Bonchev–Trinajstić information content (AvgIpc) is 3.42. The Morgan fingerprint density at radius 1 is 0.276 bits per heavy atom. The molecular weight excluding hydrogens is 937 g/mol. The van der Waals surface area contributed by atoms with Crippen LogP contribution in [0.25, 0.3) is 0 Å². The van der Waals surface area contributed by atoms with Gasteiger partial charge in [-0.1, -0.05) is 273 Å². The molecule has 0 N–H and O–H groups in total. The number of carbonyl (C=O) groups excluding carboxylic acids is 3. The van der Waals surface area contributed by atoms with Crippen LogP contribution in [-0.2, 0) is 28.6 Å². The van der Waals surface area contributed by atoms with Gasteiger partial charge in [-0.2, -0.15) is 0 Å². The van der Waals surface area contributed by atoms with E-state index < -0.39 is 6.10 Å². The topological polar surface area (TPSA) is 78.9 Å². The third-order valence-corrected chi connectivity index (χ3v) is 14.1. The van der Waals surface area contributed by atoms with Crippen molar-refractivity contribution in [1.29, 1.82) is 0 Å². The lowest BCUT2D eigenvalue weighted by atomic mass is 10.1. The Kier molecular flexibility index (Phi) is 61.2. The SMILES string of the molecule is CC/C=C\C/C=C\C/C=C\C/C=C\CCCCCCCCC(=O)OC(COC(=O)CCCCCCCCC/C=C\CCCCCCCCC)COC(=O)CCCCCCCCCCC/C=C\C/C=C\CCCCCCC. The van der Waals surface area contributed by atoms with Crippen LogP contribution in [0.3, 0.4) is 0 Å². The van der Waals surface area contributed by atoms with Crippen LogP contribution in [0, 0.1) is 0 Å². The number of carbonyl (C=O) groups is 3. The van der Waals surface area contributed by atoms with Crippen molar-refractivity contribution in [2.24, 2.45) is 0 Å². The molecule has 76 heavy (non-hydrogen) atoms. The maximum Gasteiger partial charge on any atom is 0.306 e. The molecule has 6 nitrogen and oxygen atoms in total. The van der Waals surface area contributed by atoms with Gasteiger partial charge >= 0.3 is 17.9 Å². The van der Waals surface area contributed by atoms with E-state index in [-0.39, 0.29) is 31.1 Å². The fourth-order valence-corrected chi connectivity index (χ4v) is 9.23. The fraction of sp³-hybridized carbons (Fsp3) is 0.757. The smallest absolute Gasteiger partial charge is 0.306 e. The summed E-state index contributed by atoms with van der Waals surface area (Å²) in [6, 6.07) is 0. The molecular formula is C70H122O6. The first-order valence-corrected chi connectivity index (χ1v) is 32.6. The van der Waals surface area contributed by atoms with Gasteiger partial charge in [0.15, 0.2) is 6.10 Å². The van der Waals surface area contributed by atoms with Crippen LogP contribution in [0.2, 0.25) is 0 Å². The van der Waals surface area contributed by atoms with E-state index in [1.54, 1.807) is 0 Å². The number of hydrogen-bond donors (Lipinski definition) is 0. The highest BCUT2D eigenvalue weighted by Gasteiger charge is 2.19. The van der Waals surface area contributed by atoms with Crippen molar-refractivity contribution in [2.45, 2.75) is 329 Å². The van der Waals surface area contributed by atoms with E-state index in [4.69, 9.17) is 14.2 Å². The zero-order chi connectivity index (χ0) is 55.0. The van der Waals surface area contributed by atoms with Gasteiger partial charge in [-0.3, -0.25) is 14.4 Å². The third-order valence-electron chi connectivity index (χ3n) is 14.1.